The number of hydrogen-bond donors (Lipinski definition) is 3. The molecule has 2 aliphatic heterocycles. The van der Waals surface area contributed by atoms with Crippen LogP contribution in [0.1, 0.15) is 6.42 Å². The van der Waals surface area contributed by atoms with E-state index in [-0.39, 0.29) is 24.5 Å². The third-order valence-electron chi connectivity index (χ3n) is 3.33. The summed E-state index contributed by atoms with van der Waals surface area (Å²) < 4.78 is 5.28. The van der Waals surface area contributed by atoms with Gasteiger partial charge in [0.1, 0.15) is 5.75 Å². The quantitative estimate of drug-likeness (QED) is 0.778. The molecule has 2 aliphatic rings. The van der Waals surface area contributed by atoms with E-state index in [0.717, 1.165) is 18.1 Å². The second kappa shape index (κ2) is 6.36. The summed E-state index contributed by atoms with van der Waals surface area (Å²) in [7, 11) is 0. The highest BCUT2D eigenvalue weighted by atomic mass is 32.2. The maximum atomic E-state index is 12.0. The molecule has 0 bridgehead atoms. The number of anilines is 2. The van der Waals surface area contributed by atoms with Gasteiger partial charge >= 0.3 is 0 Å². The van der Waals surface area contributed by atoms with Crippen molar-refractivity contribution in [3.8, 4) is 5.75 Å². The van der Waals surface area contributed by atoms with Crippen LogP contribution in [-0.4, -0.2) is 42.5 Å². The summed E-state index contributed by atoms with van der Waals surface area (Å²) in [5.74, 6) is 2.47. The second-order valence-electron chi connectivity index (χ2n) is 5.03. The van der Waals surface area contributed by atoms with E-state index in [1.165, 1.54) is 0 Å². The van der Waals surface area contributed by atoms with Gasteiger partial charge in [0.15, 0.2) is 6.61 Å². The molecule has 112 valence electrons. The molecule has 7 heteroatoms. The number of hydrogen-bond acceptors (Lipinski definition) is 5. The van der Waals surface area contributed by atoms with Gasteiger partial charge in [0.25, 0.3) is 5.91 Å². The molecular weight excluding hydrogens is 290 g/mol. The standard InChI is InChI=1S/C14H17N3O3S/c18-13(6-10-8-21-4-3-15-10)16-9-1-2-12-11(5-9)17-14(19)7-20-12/h1-2,5,10,15H,3-4,6-8H2,(H,16,18)(H,17,19). The molecule has 1 saturated heterocycles. The fourth-order valence-corrected chi connectivity index (χ4v) is 3.30. The summed E-state index contributed by atoms with van der Waals surface area (Å²) in [5, 5.41) is 8.92. The highest BCUT2D eigenvalue weighted by Gasteiger charge is 2.19. The van der Waals surface area contributed by atoms with Crippen LogP contribution < -0.4 is 20.7 Å². The molecule has 0 saturated carbocycles. The highest BCUT2D eigenvalue weighted by molar-refractivity contribution is 7.99. The number of carbonyl (C=O) groups excluding carboxylic acids is 2. The van der Waals surface area contributed by atoms with Crippen LogP contribution in [0.25, 0.3) is 0 Å². The van der Waals surface area contributed by atoms with Crippen molar-refractivity contribution in [2.24, 2.45) is 0 Å². The highest BCUT2D eigenvalue weighted by Crippen LogP contribution is 2.30. The Morgan fingerprint density at radius 3 is 3.19 bits per heavy atom. The summed E-state index contributed by atoms with van der Waals surface area (Å²) in [6.45, 7) is 0.981. The number of carbonyl (C=O) groups is 2. The molecule has 0 aliphatic carbocycles. The molecule has 21 heavy (non-hydrogen) atoms. The van der Waals surface area contributed by atoms with E-state index in [9.17, 15) is 9.59 Å². The Bertz CT molecular complexity index is 558. The van der Waals surface area contributed by atoms with Gasteiger partial charge in [-0.3, -0.25) is 9.59 Å². The lowest BCUT2D eigenvalue weighted by atomic mass is 10.2. The zero-order valence-corrected chi connectivity index (χ0v) is 12.3. The number of nitrogens with one attached hydrogen (secondary N) is 3. The molecule has 2 heterocycles. The maximum Gasteiger partial charge on any atom is 0.262 e. The topological polar surface area (TPSA) is 79.5 Å². The first-order valence-corrected chi connectivity index (χ1v) is 8.04. The SMILES string of the molecule is O=C(CC1CSCCN1)Nc1ccc2c(c1)NC(=O)CO2. The molecule has 1 aromatic rings. The van der Waals surface area contributed by atoms with Crippen molar-refractivity contribution in [2.75, 3.05) is 35.3 Å². The van der Waals surface area contributed by atoms with E-state index < -0.39 is 0 Å². The zero-order valence-electron chi connectivity index (χ0n) is 11.5. The van der Waals surface area contributed by atoms with Crippen LogP contribution >= 0.6 is 11.8 Å². The van der Waals surface area contributed by atoms with Gasteiger partial charge in [-0.1, -0.05) is 0 Å². The molecule has 1 fully saturated rings. The van der Waals surface area contributed by atoms with E-state index in [4.69, 9.17) is 4.74 Å². The molecule has 3 rings (SSSR count). The van der Waals surface area contributed by atoms with Crippen molar-refractivity contribution in [1.29, 1.82) is 0 Å². The zero-order chi connectivity index (χ0) is 14.7. The van der Waals surface area contributed by atoms with Gasteiger partial charge in [-0.25, -0.2) is 0 Å². The minimum Gasteiger partial charge on any atom is -0.482 e. The Kier molecular flexibility index (Phi) is 4.31. The maximum absolute atomic E-state index is 12.0. The minimum atomic E-state index is -0.186. The first-order valence-electron chi connectivity index (χ1n) is 6.88. The summed E-state index contributed by atoms with van der Waals surface area (Å²) in [6.07, 6.45) is 0.451. The summed E-state index contributed by atoms with van der Waals surface area (Å²) in [6, 6.07) is 5.47. The average molecular weight is 307 g/mol. The van der Waals surface area contributed by atoms with Crippen LogP contribution in [0, 0.1) is 0 Å². The van der Waals surface area contributed by atoms with Gasteiger partial charge in [-0.15, -0.1) is 0 Å². The van der Waals surface area contributed by atoms with Crippen LogP contribution in [0.5, 0.6) is 5.75 Å². The smallest absolute Gasteiger partial charge is 0.262 e. The summed E-state index contributed by atoms with van der Waals surface area (Å²) >= 11 is 1.86. The van der Waals surface area contributed by atoms with Gasteiger partial charge in [0.2, 0.25) is 5.91 Å². The third kappa shape index (κ3) is 3.68. The molecular formula is C14H17N3O3S. The molecule has 0 radical (unpaired) electrons. The summed E-state index contributed by atoms with van der Waals surface area (Å²) in [4.78, 5) is 23.3. The Balaban J connectivity index is 1.60. The second-order valence-corrected chi connectivity index (χ2v) is 6.18. The Hall–Kier alpha value is -1.73. The molecule has 6 nitrogen and oxygen atoms in total. The van der Waals surface area contributed by atoms with Crippen molar-refractivity contribution in [2.45, 2.75) is 12.5 Å². The van der Waals surface area contributed by atoms with E-state index in [1.54, 1.807) is 18.2 Å². The van der Waals surface area contributed by atoms with Crippen molar-refractivity contribution >= 4 is 35.0 Å². The van der Waals surface area contributed by atoms with Gasteiger partial charge in [-0.2, -0.15) is 11.8 Å². The Morgan fingerprint density at radius 2 is 2.38 bits per heavy atom. The van der Waals surface area contributed by atoms with E-state index in [2.05, 4.69) is 16.0 Å². The van der Waals surface area contributed by atoms with Crippen LogP contribution in [0.15, 0.2) is 18.2 Å². The average Bonchev–Trinajstić information content (AvgIpc) is 2.47. The number of benzene rings is 1. The number of thioether (sulfide) groups is 1. The normalized spacial score (nSPS) is 21.0. The number of ether oxygens (including phenoxy) is 1. The predicted molar refractivity (Wildman–Crippen MR) is 82.9 cm³/mol. The molecule has 1 unspecified atom stereocenters. The molecule has 1 aromatic carbocycles. The lowest BCUT2D eigenvalue weighted by molar-refractivity contribution is -0.118. The van der Waals surface area contributed by atoms with Gasteiger partial charge in [-0.05, 0) is 18.2 Å². The molecule has 2 amide bonds. The number of fused-ring (bicyclic) bond motifs is 1. The lowest BCUT2D eigenvalue weighted by Crippen LogP contribution is -2.39. The first-order chi connectivity index (χ1) is 10.2. The van der Waals surface area contributed by atoms with Crippen LogP contribution in [0.2, 0.25) is 0 Å². The van der Waals surface area contributed by atoms with E-state index in [1.807, 2.05) is 11.8 Å². The van der Waals surface area contributed by atoms with Crippen molar-refractivity contribution in [3.05, 3.63) is 18.2 Å². The van der Waals surface area contributed by atoms with E-state index in [0.29, 0.717) is 23.5 Å². The van der Waals surface area contributed by atoms with Gasteiger partial charge < -0.3 is 20.7 Å². The monoisotopic (exact) mass is 307 g/mol. The van der Waals surface area contributed by atoms with Gasteiger partial charge in [0.05, 0.1) is 5.69 Å². The van der Waals surface area contributed by atoms with Crippen molar-refractivity contribution < 1.29 is 14.3 Å². The third-order valence-corrected chi connectivity index (χ3v) is 4.46. The lowest BCUT2D eigenvalue weighted by Gasteiger charge is -2.23. The summed E-state index contributed by atoms with van der Waals surface area (Å²) in [5.41, 5.74) is 1.25. The van der Waals surface area contributed by atoms with E-state index >= 15 is 0 Å². The van der Waals surface area contributed by atoms with Crippen LogP contribution in [0.3, 0.4) is 0 Å². The van der Waals surface area contributed by atoms with Crippen molar-refractivity contribution in [3.63, 3.8) is 0 Å². The molecule has 1 atom stereocenters. The van der Waals surface area contributed by atoms with Gasteiger partial charge in [0, 0.05) is 36.2 Å². The van der Waals surface area contributed by atoms with Crippen molar-refractivity contribution in [1.82, 2.24) is 5.32 Å². The Morgan fingerprint density at radius 1 is 1.48 bits per heavy atom. The predicted octanol–water partition coefficient (Wildman–Crippen LogP) is 1.05. The molecule has 0 aromatic heterocycles. The Labute approximate surface area is 127 Å². The molecule has 3 N–H and O–H groups in total. The number of amides is 2. The molecule has 0 spiro atoms. The van der Waals surface area contributed by atoms with Crippen LogP contribution in [0.4, 0.5) is 11.4 Å². The fourth-order valence-electron chi connectivity index (χ4n) is 2.35. The first kappa shape index (κ1) is 14.2. The minimum absolute atomic E-state index is 0.0296. The van der Waals surface area contributed by atoms with Crippen LogP contribution in [-0.2, 0) is 9.59 Å². The largest absolute Gasteiger partial charge is 0.482 e. The fraction of sp³-hybridized carbons (Fsp3) is 0.429. The number of rotatable bonds is 3.